The number of ether oxygens (including phenoxy) is 2. The van der Waals surface area contributed by atoms with Crippen molar-refractivity contribution in [2.45, 2.75) is 59.5 Å². The zero-order valence-corrected chi connectivity index (χ0v) is 13.2. The Kier molecular flexibility index (Phi) is 7.20. The number of ketones is 1. The summed E-state index contributed by atoms with van der Waals surface area (Å²) in [5.41, 5.74) is 0. The third-order valence-corrected chi connectivity index (χ3v) is 4.07. The molecule has 0 aromatic heterocycles. The Labute approximate surface area is 122 Å². The summed E-state index contributed by atoms with van der Waals surface area (Å²) in [6.07, 6.45) is 3.37. The van der Waals surface area contributed by atoms with E-state index in [1.54, 1.807) is 6.92 Å². The lowest BCUT2D eigenvalue weighted by atomic mass is 9.75. The fourth-order valence-electron chi connectivity index (χ4n) is 2.93. The van der Waals surface area contributed by atoms with Gasteiger partial charge >= 0.3 is 5.97 Å². The quantitative estimate of drug-likeness (QED) is 0.533. The summed E-state index contributed by atoms with van der Waals surface area (Å²) in [4.78, 5) is 22.9. The van der Waals surface area contributed by atoms with Gasteiger partial charge in [-0.15, -0.1) is 0 Å². The van der Waals surface area contributed by atoms with Crippen molar-refractivity contribution < 1.29 is 19.1 Å². The van der Waals surface area contributed by atoms with E-state index in [-0.39, 0.29) is 24.9 Å². The molecule has 3 atom stereocenters. The summed E-state index contributed by atoms with van der Waals surface area (Å²) in [7, 11) is 0. The minimum absolute atomic E-state index is 0.0272. The molecule has 0 aliphatic heterocycles. The molecule has 0 aromatic carbocycles. The summed E-state index contributed by atoms with van der Waals surface area (Å²) in [5.74, 6) is 1.08. The molecule has 0 saturated heterocycles. The van der Waals surface area contributed by atoms with Gasteiger partial charge < -0.3 is 9.47 Å². The molecule has 0 heterocycles. The highest BCUT2D eigenvalue weighted by atomic mass is 16.5. The van der Waals surface area contributed by atoms with Gasteiger partial charge in [-0.3, -0.25) is 9.59 Å². The number of hydrogen-bond acceptors (Lipinski definition) is 4. The summed E-state index contributed by atoms with van der Waals surface area (Å²) in [5, 5.41) is 0. The Bertz CT molecular complexity index is 324. The number of rotatable bonds is 7. The first-order valence-corrected chi connectivity index (χ1v) is 7.72. The van der Waals surface area contributed by atoms with E-state index in [1.807, 2.05) is 0 Å². The molecule has 0 N–H and O–H groups in total. The Balaban J connectivity index is 2.41. The molecule has 116 valence electrons. The average molecular weight is 284 g/mol. The molecule has 1 saturated carbocycles. The molecule has 1 fully saturated rings. The van der Waals surface area contributed by atoms with Crippen LogP contribution >= 0.6 is 0 Å². The van der Waals surface area contributed by atoms with E-state index in [2.05, 4.69) is 20.8 Å². The summed E-state index contributed by atoms with van der Waals surface area (Å²) >= 11 is 0. The second-order valence-corrected chi connectivity index (χ2v) is 6.20. The van der Waals surface area contributed by atoms with E-state index >= 15 is 0 Å². The third kappa shape index (κ3) is 5.61. The van der Waals surface area contributed by atoms with Crippen LogP contribution in [0.3, 0.4) is 0 Å². The molecular weight excluding hydrogens is 256 g/mol. The first kappa shape index (κ1) is 17.2. The molecule has 0 amide bonds. The standard InChI is InChI=1S/C16H28O4/c1-5-19-16(18)9-13(17)10-20-15-8-12(4)6-7-14(15)11(2)3/h11-12,14-15H,5-10H2,1-4H3. The predicted molar refractivity (Wildman–Crippen MR) is 77.3 cm³/mol. The smallest absolute Gasteiger partial charge is 0.313 e. The van der Waals surface area contributed by atoms with Crippen LogP contribution in [0.25, 0.3) is 0 Å². The maximum absolute atomic E-state index is 11.7. The maximum Gasteiger partial charge on any atom is 0.313 e. The monoisotopic (exact) mass is 284 g/mol. The van der Waals surface area contributed by atoms with Gasteiger partial charge in [0.2, 0.25) is 0 Å². The van der Waals surface area contributed by atoms with E-state index in [1.165, 1.54) is 6.42 Å². The van der Waals surface area contributed by atoms with Crippen molar-refractivity contribution in [1.82, 2.24) is 0 Å². The molecule has 4 heteroatoms. The zero-order valence-electron chi connectivity index (χ0n) is 13.2. The van der Waals surface area contributed by atoms with Crippen LogP contribution in [0.1, 0.15) is 53.4 Å². The Morgan fingerprint density at radius 3 is 2.55 bits per heavy atom. The SMILES string of the molecule is CCOC(=O)CC(=O)COC1CC(C)CCC1C(C)C. The lowest BCUT2D eigenvalue weighted by Gasteiger charge is -2.37. The predicted octanol–water partition coefficient (Wildman–Crippen LogP) is 2.99. The van der Waals surface area contributed by atoms with E-state index in [0.717, 1.165) is 12.8 Å². The molecule has 0 bridgehead atoms. The fraction of sp³-hybridized carbons (Fsp3) is 0.875. The largest absolute Gasteiger partial charge is 0.466 e. The minimum Gasteiger partial charge on any atom is -0.466 e. The van der Waals surface area contributed by atoms with Crippen LogP contribution in [0.2, 0.25) is 0 Å². The van der Waals surface area contributed by atoms with Gasteiger partial charge in [-0.2, -0.15) is 0 Å². The molecular formula is C16H28O4. The topological polar surface area (TPSA) is 52.6 Å². The fourth-order valence-corrected chi connectivity index (χ4v) is 2.93. The van der Waals surface area contributed by atoms with Gasteiger partial charge in [0.05, 0.1) is 12.7 Å². The van der Waals surface area contributed by atoms with Crippen LogP contribution in [0.15, 0.2) is 0 Å². The normalized spacial score (nSPS) is 26.6. The molecule has 4 nitrogen and oxygen atoms in total. The molecule has 0 aromatic rings. The number of hydrogen-bond donors (Lipinski definition) is 0. The van der Waals surface area contributed by atoms with E-state index in [0.29, 0.717) is 24.4 Å². The Morgan fingerprint density at radius 2 is 1.95 bits per heavy atom. The van der Waals surface area contributed by atoms with E-state index in [4.69, 9.17) is 9.47 Å². The van der Waals surface area contributed by atoms with Gasteiger partial charge in [0.1, 0.15) is 13.0 Å². The summed E-state index contributed by atoms with van der Waals surface area (Å²) in [6.45, 7) is 8.71. The van der Waals surface area contributed by atoms with Crippen molar-refractivity contribution in [1.29, 1.82) is 0 Å². The molecule has 20 heavy (non-hydrogen) atoms. The van der Waals surface area contributed by atoms with Gasteiger partial charge in [0, 0.05) is 0 Å². The van der Waals surface area contributed by atoms with Gasteiger partial charge in [-0.25, -0.2) is 0 Å². The van der Waals surface area contributed by atoms with Crippen molar-refractivity contribution in [3.8, 4) is 0 Å². The highest BCUT2D eigenvalue weighted by Crippen LogP contribution is 2.35. The second kappa shape index (κ2) is 8.40. The Hall–Kier alpha value is -0.900. The van der Waals surface area contributed by atoms with E-state index < -0.39 is 5.97 Å². The van der Waals surface area contributed by atoms with Crippen LogP contribution in [0.4, 0.5) is 0 Å². The van der Waals surface area contributed by atoms with Gasteiger partial charge in [0.15, 0.2) is 5.78 Å². The van der Waals surface area contributed by atoms with Crippen LogP contribution in [0, 0.1) is 17.8 Å². The van der Waals surface area contributed by atoms with Crippen molar-refractivity contribution in [3.63, 3.8) is 0 Å². The van der Waals surface area contributed by atoms with Crippen molar-refractivity contribution in [2.24, 2.45) is 17.8 Å². The van der Waals surface area contributed by atoms with Crippen LogP contribution in [-0.2, 0) is 19.1 Å². The van der Waals surface area contributed by atoms with Gasteiger partial charge in [0.25, 0.3) is 0 Å². The maximum atomic E-state index is 11.7. The third-order valence-electron chi connectivity index (χ3n) is 4.07. The highest BCUT2D eigenvalue weighted by Gasteiger charge is 2.31. The first-order valence-electron chi connectivity index (χ1n) is 7.72. The van der Waals surface area contributed by atoms with Gasteiger partial charge in [-0.05, 0) is 37.5 Å². The van der Waals surface area contributed by atoms with Gasteiger partial charge in [-0.1, -0.05) is 27.2 Å². The lowest BCUT2D eigenvalue weighted by Crippen LogP contribution is -2.35. The number of carbonyl (C=O) groups excluding carboxylic acids is 2. The van der Waals surface area contributed by atoms with Crippen LogP contribution in [0.5, 0.6) is 0 Å². The molecule has 1 aliphatic rings. The first-order chi connectivity index (χ1) is 9.43. The molecule has 3 unspecified atom stereocenters. The highest BCUT2D eigenvalue weighted by molar-refractivity contribution is 5.96. The number of carbonyl (C=O) groups is 2. The van der Waals surface area contributed by atoms with E-state index in [9.17, 15) is 9.59 Å². The lowest BCUT2D eigenvalue weighted by molar-refractivity contribution is -0.147. The molecule has 0 spiro atoms. The summed E-state index contributed by atoms with van der Waals surface area (Å²) in [6, 6.07) is 0. The number of esters is 1. The van der Waals surface area contributed by atoms with Crippen LogP contribution < -0.4 is 0 Å². The molecule has 0 radical (unpaired) electrons. The Morgan fingerprint density at radius 1 is 1.25 bits per heavy atom. The molecule has 1 rings (SSSR count). The van der Waals surface area contributed by atoms with Crippen molar-refractivity contribution in [3.05, 3.63) is 0 Å². The minimum atomic E-state index is -0.460. The number of Topliss-reactive ketones (excluding diaryl/α,β-unsaturated/α-hetero) is 1. The zero-order chi connectivity index (χ0) is 15.1. The second-order valence-electron chi connectivity index (χ2n) is 6.20. The molecule has 1 aliphatic carbocycles. The van der Waals surface area contributed by atoms with Crippen molar-refractivity contribution >= 4 is 11.8 Å². The average Bonchev–Trinajstić information content (AvgIpc) is 2.36. The van der Waals surface area contributed by atoms with Crippen LogP contribution in [-0.4, -0.2) is 31.1 Å². The summed E-state index contributed by atoms with van der Waals surface area (Å²) < 4.78 is 10.6. The van der Waals surface area contributed by atoms with Crippen molar-refractivity contribution in [2.75, 3.05) is 13.2 Å².